The van der Waals surface area contributed by atoms with E-state index in [-0.39, 0.29) is 16.4 Å². The Balaban J connectivity index is 1.74. The van der Waals surface area contributed by atoms with Gasteiger partial charge in [-0.2, -0.15) is 13.2 Å². The molecule has 2 aromatic carbocycles. The number of Topliss-reactive ketones (excluding diaryl/α,β-unsaturated/α-hetero) is 1. The maximum atomic E-state index is 13.2. The van der Waals surface area contributed by atoms with E-state index in [0.717, 1.165) is 38.2 Å². The maximum Gasteiger partial charge on any atom is 0.454 e. The van der Waals surface area contributed by atoms with Crippen LogP contribution in [0.25, 0.3) is 11.3 Å². The molecule has 38 heavy (non-hydrogen) atoms. The second-order valence-corrected chi connectivity index (χ2v) is 16.0. The first-order valence-corrected chi connectivity index (χ1v) is 16.1. The minimum absolute atomic E-state index is 0.0396. The van der Waals surface area contributed by atoms with E-state index >= 15 is 0 Å². The van der Waals surface area contributed by atoms with E-state index in [0.29, 0.717) is 12.3 Å². The minimum Gasteiger partial charge on any atom is -0.438 e. The summed E-state index contributed by atoms with van der Waals surface area (Å²) in [6, 6.07) is 16.0. The quantitative estimate of drug-likeness (QED) is 0.129. The highest BCUT2D eigenvalue weighted by molar-refractivity contribution is 6.74. The fraction of sp³-hybridized carbons (Fsp3) is 0.467. The average molecular weight is 546 g/mol. The summed E-state index contributed by atoms with van der Waals surface area (Å²) in [6.07, 6.45) is 1.87. The number of alkyl halides is 3. The molecule has 0 bridgehead atoms. The van der Waals surface area contributed by atoms with Crippen molar-refractivity contribution in [1.82, 2.24) is 4.98 Å². The number of aryl methyl sites for hydroxylation is 1. The van der Waals surface area contributed by atoms with Gasteiger partial charge < -0.3 is 8.84 Å². The van der Waals surface area contributed by atoms with Gasteiger partial charge >= 0.3 is 6.18 Å². The highest BCUT2D eigenvalue weighted by Gasteiger charge is 2.42. The van der Waals surface area contributed by atoms with Crippen LogP contribution in [0.15, 0.2) is 65.2 Å². The molecule has 0 aliphatic rings. The van der Waals surface area contributed by atoms with Crippen LogP contribution >= 0.6 is 0 Å². The van der Waals surface area contributed by atoms with Crippen molar-refractivity contribution in [2.24, 2.45) is 0 Å². The number of rotatable bonds is 12. The zero-order valence-electron chi connectivity index (χ0n) is 22.9. The van der Waals surface area contributed by atoms with Gasteiger partial charge in [-0.1, -0.05) is 94.6 Å². The molecule has 1 unspecified atom stereocenters. The Hall–Kier alpha value is -2.71. The molecule has 1 aromatic heterocycles. The number of unbranched alkanes of at least 4 members (excludes halogenated alkanes) is 3. The molecule has 0 spiro atoms. The van der Waals surface area contributed by atoms with Crippen LogP contribution in [0.4, 0.5) is 13.2 Å². The van der Waals surface area contributed by atoms with Crippen LogP contribution < -0.4 is 0 Å². The van der Waals surface area contributed by atoms with Gasteiger partial charge in [0.15, 0.2) is 14.1 Å². The van der Waals surface area contributed by atoms with Crippen molar-refractivity contribution >= 4 is 14.1 Å². The first-order valence-electron chi connectivity index (χ1n) is 13.2. The molecule has 4 nitrogen and oxygen atoms in total. The summed E-state index contributed by atoms with van der Waals surface area (Å²) in [4.78, 5) is 16.4. The maximum absolute atomic E-state index is 13.2. The third-order valence-corrected chi connectivity index (χ3v) is 11.7. The van der Waals surface area contributed by atoms with Gasteiger partial charge in [-0.3, -0.25) is 4.79 Å². The number of oxazole rings is 1. The predicted octanol–water partition coefficient (Wildman–Crippen LogP) is 9.34. The molecular formula is C30H38F3NO3Si. The smallest absolute Gasteiger partial charge is 0.438 e. The summed E-state index contributed by atoms with van der Waals surface area (Å²) in [5.41, 5.74) is 0.951. The first kappa shape index (κ1) is 29.8. The Morgan fingerprint density at radius 2 is 1.58 bits per heavy atom. The molecule has 8 heteroatoms. The third kappa shape index (κ3) is 7.90. The van der Waals surface area contributed by atoms with Crippen LogP contribution in [0.1, 0.15) is 80.8 Å². The molecule has 1 heterocycles. The van der Waals surface area contributed by atoms with Crippen molar-refractivity contribution in [2.45, 2.75) is 89.7 Å². The number of carbonyl (C=O) groups excluding carboxylic acids is 1. The van der Waals surface area contributed by atoms with Gasteiger partial charge in [-0.25, -0.2) is 4.98 Å². The van der Waals surface area contributed by atoms with Crippen LogP contribution in [-0.4, -0.2) is 25.3 Å². The van der Waals surface area contributed by atoms with Crippen LogP contribution in [0, 0.1) is 0 Å². The summed E-state index contributed by atoms with van der Waals surface area (Å²) in [7, 11) is -2.20. The molecule has 0 aliphatic carbocycles. The lowest BCUT2D eigenvalue weighted by Crippen LogP contribution is -2.41. The van der Waals surface area contributed by atoms with E-state index in [9.17, 15) is 18.0 Å². The molecule has 0 saturated heterocycles. The van der Waals surface area contributed by atoms with E-state index in [1.807, 2.05) is 6.07 Å². The van der Waals surface area contributed by atoms with Gasteiger partial charge in [0.05, 0.1) is 6.20 Å². The highest BCUT2D eigenvalue weighted by Crippen LogP contribution is 2.41. The number of nitrogens with zero attached hydrogens (tertiary/aromatic N) is 1. The Morgan fingerprint density at radius 1 is 0.947 bits per heavy atom. The van der Waals surface area contributed by atoms with E-state index in [1.165, 1.54) is 23.9 Å². The molecule has 0 amide bonds. The summed E-state index contributed by atoms with van der Waals surface area (Å²) in [5.74, 6) is -1.45. The lowest BCUT2D eigenvalue weighted by molar-refractivity contribution is -0.0884. The fourth-order valence-electron chi connectivity index (χ4n) is 4.03. The van der Waals surface area contributed by atoms with Crippen molar-refractivity contribution < 1.29 is 26.8 Å². The number of ketones is 1. The number of carbonyl (C=O) groups is 1. The topological polar surface area (TPSA) is 52.3 Å². The van der Waals surface area contributed by atoms with Crippen molar-refractivity contribution in [1.29, 1.82) is 0 Å². The molecule has 1 atom stereocenters. The monoisotopic (exact) mass is 545 g/mol. The van der Waals surface area contributed by atoms with E-state index in [2.05, 4.69) is 63.1 Å². The number of aromatic nitrogens is 1. The molecule has 0 saturated carbocycles. The predicted molar refractivity (Wildman–Crippen MR) is 147 cm³/mol. The number of benzene rings is 2. The summed E-state index contributed by atoms with van der Waals surface area (Å²) < 4.78 is 52.2. The minimum atomic E-state index is -4.98. The van der Waals surface area contributed by atoms with E-state index in [4.69, 9.17) is 8.84 Å². The Kier molecular flexibility index (Phi) is 9.76. The zero-order valence-corrected chi connectivity index (χ0v) is 23.9. The summed E-state index contributed by atoms with van der Waals surface area (Å²) in [5, 5.41) is -0.0396. The van der Waals surface area contributed by atoms with Crippen molar-refractivity contribution in [2.75, 3.05) is 0 Å². The summed E-state index contributed by atoms with van der Waals surface area (Å²) >= 11 is 0. The van der Waals surface area contributed by atoms with Gasteiger partial charge in [0.2, 0.25) is 5.89 Å². The average Bonchev–Trinajstić information content (AvgIpc) is 3.34. The number of hydrogen-bond acceptors (Lipinski definition) is 4. The molecule has 206 valence electrons. The Morgan fingerprint density at radius 3 is 2.24 bits per heavy atom. The second-order valence-electron chi connectivity index (χ2n) is 11.2. The zero-order chi connectivity index (χ0) is 28.0. The van der Waals surface area contributed by atoms with E-state index < -0.39 is 31.9 Å². The standard InChI is InChI=1S/C30H38F3NO3Si/c1-29(2,3)38(4,5)37-25(20-12-7-6-9-15-22-16-10-8-11-17-22)28-34-21-26(36-28)23-18-13-14-19-24(23)27(35)30(31,32)33/h8,10-11,13-14,16-19,21,25H,6-7,9,12,15,20H2,1-5H3. The Labute approximate surface area is 224 Å². The second kappa shape index (κ2) is 12.4. The molecule has 3 rings (SSSR count). The lowest BCUT2D eigenvalue weighted by Gasteiger charge is -2.38. The lowest BCUT2D eigenvalue weighted by atomic mass is 10.0. The fourth-order valence-corrected chi connectivity index (χ4v) is 5.32. The molecule has 3 aromatic rings. The molecule has 0 aliphatic heterocycles. The Bertz CT molecular complexity index is 1180. The third-order valence-electron chi connectivity index (χ3n) is 7.26. The number of halogens is 3. The van der Waals surface area contributed by atoms with Crippen LogP contribution in [0.3, 0.4) is 0 Å². The highest BCUT2D eigenvalue weighted by atomic mass is 28.4. The summed E-state index contributed by atoms with van der Waals surface area (Å²) in [6.45, 7) is 10.8. The van der Waals surface area contributed by atoms with Gasteiger partial charge in [-0.15, -0.1) is 0 Å². The SMILES string of the molecule is CC(C)(C)[Si](C)(C)OC(CCCCCCc1ccccc1)c1ncc(-c2ccccc2C(=O)C(F)(F)F)o1. The molecule has 0 radical (unpaired) electrons. The van der Waals surface area contributed by atoms with Crippen molar-refractivity contribution in [3.05, 3.63) is 77.8 Å². The van der Waals surface area contributed by atoms with E-state index in [1.54, 1.807) is 6.07 Å². The van der Waals surface area contributed by atoms with Crippen molar-refractivity contribution in [3.8, 4) is 11.3 Å². The van der Waals surface area contributed by atoms with Gasteiger partial charge in [0.25, 0.3) is 5.78 Å². The molecule has 0 N–H and O–H groups in total. The van der Waals surface area contributed by atoms with Crippen molar-refractivity contribution in [3.63, 3.8) is 0 Å². The normalized spacial score (nSPS) is 13.5. The first-order chi connectivity index (χ1) is 17.8. The van der Waals surface area contributed by atoms with Crippen LogP contribution in [-0.2, 0) is 10.8 Å². The molecular weight excluding hydrogens is 507 g/mol. The largest absolute Gasteiger partial charge is 0.454 e. The van der Waals surface area contributed by atoms with Gasteiger partial charge in [0, 0.05) is 11.1 Å². The van der Waals surface area contributed by atoms with Gasteiger partial charge in [0.1, 0.15) is 6.10 Å². The van der Waals surface area contributed by atoms with Crippen LogP contribution in [0.2, 0.25) is 18.1 Å². The number of hydrogen-bond donors (Lipinski definition) is 0. The van der Waals surface area contributed by atoms with Crippen LogP contribution in [0.5, 0.6) is 0 Å². The molecule has 0 fully saturated rings. The van der Waals surface area contributed by atoms with Gasteiger partial charge in [-0.05, 0) is 43.0 Å².